The Hall–Kier alpha value is -2.17. The van der Waals surface area contributed by atoms with Gasteiger partial charge in [0.25, 0.3) is 0 Å². The van der Waals surface area contributed by atoms with Gasteiger partial charge in [0, 0.05) is 17.1 Å². The van der Waals surface area contributed by atoms with E-state index in [4.69, 9.17) is 9.47 Å². The lowest BCUT2D eigenvalue weighted by Gasteiger charge is -2.37. The Morgan fingerprint density at radius 2 is 1.95 bits per heavy atom. The summed E-state index contributed by atoms with van der Waals surface area (Å²) in [5, 5.41) is 16.3. The van der Waals surface area contributed by atoms with Crippen molar-refractivity contribution < 1.29 is 29.0 Å². The smallest absolute Gasteiger partial charge is 0.245 e. The molecular formula is C28H40BrN3O6. The first-order chi connectivity index (χ1) is 18.2. The Bertz CT molecular complexity index is 1020. The van der Waals surface area contributed by atoms with Crippen molar-refractivity contribution in [3.8, 4) is 5.75 Å². The third kappa shape index (κ3) is 5.19. The molecule has 3 amide bonds. The molecule has 0 saturated carbocycles. The lowest BCUT2D eigenvalue weighted by Crippen LogP contribution is -2.58. The molecule has 9 nitrogen and oxygen atoms in total. The van der Waals surface area contributed by atoms with Gasteiger partial charge in [-0.15, -0.1) is 0 Å². The van der Waals surface area contributed by atoms with Gasteiger partial charge in [0.15, 0.2) is 0 Å². The number of aliphatic hydroxyl groups is 1. The molecule has 4 rings (SSSR count). The number of anilines is 1. The number of alkyl halides is 1. The number of nitrogens with one attached hydrogen (secondary N) is 2. The van der Waals surface area contributed by atoms with Crippen molar-refractivity contribution in [1.29, 1.82) is 0 Å². The largest absolute Gasteiger partial charge is 0.494 e. The van der Waals surface area contributed by atoms with Crippen LogP contribution in [0.5, 0.6) is 5.75 Å². The molecule has 1 spiro atoms. The molecule has 0 aliphatic carbocycles. The highest BCUT2D eigenvalue weighted by atomic mass is 79.9. The second-order valence-electron chi connectivity index (χ2n) is 11.0. The number of hydrogen-bond acceptors (Lipinski definition) is 6. The van der Waals surface area contributed by atoms with Crippen LogP contribution in [0.4, 0.5) is 5.69 Å². The third-order valence-corrected chi connectivity index (χ3v) is 8.73. The highest BCUT2D eigenvalue weighted by molar-refractivity contribution is 9.09. The van der Waals surface area contributed by atoms with Crippen LogP contribution in [0.3, 0.4) is 0 Å². The van der Waals surface area contributed by atoms with E-state index >= 15 is 0 Å². The Morgan fingerprint density at radius 3 is 2.55 bits per heavy atom. The number of nitrogens with zero attached hydrogens (tertiary/aromatic N) is 1. The first-order valence-electron chi connectivity index (χ1n) is 13.7. The Kier molecular flexibility index (Phi) is 9.04. The summed E-state index contributed by atoms with van der Waals surface area (Å²) in [5.41, 5.74) is -0.553. The summed E-state index contributed by atoms with van der Waals surface area (Å²) in [6.07, 6.45) is 2.16. The monoisotopic (exact) mass is 593 g/mol. The van der Waals surface area contributed by atoms with Crippen LogP contribution in [0.15, 0.2) is 24.3 Å². The number of likely N-dealkylation sites (tertiary alicyclic amines) is 1. The van der Waals surface area contributed by atoms with Gasteiger partial charge in [-0.05, 0) is 56.4 Å². The number of hydrogen-bond donors (Lipinski definition) is 3. The molecule has 0 radical (unpaired) electrons. The Labute approximate surface area is 233 Å². The zero-order valence-corrected chi connectivity index (χ0v) is 24.2. The van der Waals surface area contributed by atoms with Crippen molar-refractivity contribution in [1.82, 2.24) is 10.2 Å². The average Bonchev–Trinajstić information content (AvgIpc) is 3.47. The van der Waals surface area contributed by atoms with Gasteiger partial charge in [-0.1, -0.05) is 43.1 Å². The molecule has 38 heavy (non-hydrogen) atoms. The number of benzene rings is 1. The summed E-state index contributed by atoms with van der Waals surface area (Å²) in [7, 11) is 0. The molecule has 210 valence electrons. The second-order valence-corrected chi connectivity index (χ2v) is 12.1. The molecule has 10 heteroatoms. The zero-order chi connectivity index (χ0) is 27.6. The molecule has 3 heterocycles. The van der Waals surface area contributed by atoms with Crippen LogP contribution in [0.1, 0.15) is 53.4 Å². The maximum absolute atomic E-state index is 14.1. The number of ether oxygens (including phenoxy) is 2. The number of rotatable bonds is 12. The molecule has 3 fully saturated rings. The number of aliphatic hydroxyl groups excluding tert-OH is 1. The summed E-state index contributed by atoms with van der Waals surface area (Å²) in [5.74, 6) is -1.60. The Morgan fingerprint density at radius 1 is 1.24 bits per heavy atom. The predicted molar refractivity (Wildman–Crippen MR) is 147 cm³/mol. The molecule has 3 unspecified atom stereocenters. The summed E-state index contributed by atoms with van der Waals surface area (Å²) in [6.45, 7) is 8.74. The van der Waals surface area contributed by atoms with Crippen LogP contribution < -0.4 is 15.4 Å². The number of unbranched alkanes of at least 4 members (excludes halogenated alkanes) is 1. The fourth-order valence-corrected chi connectivity index (χ4v) is 7.33. The lowest BCUT2D eigenvalue weighted by molar-refractivity contribution is -0.145. The number of halogens is 1. The Balaban J connectivity index is 1.66. The van der Waals surface area contributed by atoms with E-state index in [1.165, 1.54) is 4.90 Å². The first-order valence-corrected chi connectivity index (χ1v) is 14.7. The predicted octanol–water partition coefficient (Wildman–Crippen LogP) is 3.10. The van der Waals surface area contributed by atoms with Gasteiger partial charge in [0.2, 0.25) is 17.7 Å². The number of carbonyl (C=O) groups excluding carboxylic acids is 3. The molecule has 3 saturated heterocycles. The quantitative estimate of drug-likeness (QED) is 0.253. The van der Waals surface area contributed by atoms with Gasteiger partial charge in [-0.2, -0.15) is 0 Å². The highest BCUT2D eigenvalue weighted by Crippen LogP contribution is 2.60. The van der Waals surface area contributed by atoms with Gasteiger partial charge in [-0.25, -0.2) is 0 Å². The van der Waals surface area contributed by atoms with Crippen LogP contribution in [0.2, 0.25) is 0 Å². The van der Waals surface area contributed by atoms with Crippen molar-refractivity contribution in [3.05, 3.63) is 24.3 Å². The highest BCUT2D eigenvalue weighted by Gasteiger charge is 2.77. The standard InChI is InChI=1S/C28H40BrN3O6/c1-5-7-12-30-26(35)24-28-14-20(29)23(38-28)21(22(28)27(36)32(24)18(15-33)13-16(3)4)25(34)31-17-8-10-19(11-9-17)37-6-2/h8-11,16,18,20-24,33H,5-7,12-15H2,1-4H3,(H,30,35)(H,31,34)/t18-,20?,21+,22+,23+,24?,28?/m1/s1. The van der Waals surface area contributed by atoms with E-state index in [0.717, 1.165) is 12.8 Å². The maximum Gasteiger partial charge on any atom is 0.245 e. The summed E-state index contributed by atoms with van der Waals surface area (Å²) < 4.78 is 12.0. The van der Waals surface area contributed by atoms with Crippen molar-refractivity contribution in [2.75, 3.05) is 25.1 Å². The van der Waals surface area contributed by atoms with Gasteiger partial charge in [0.05, 0.1) is 37.2 Å². The van der Waals surface area contributed by atoms with Gasteiger partial charge in [0.1, 0.15) is 17.4 Å². The van der Waals surface area contributed by atoms with Crippen molar-refractivity contribution >= 4 is 39.3 Å². The summed E-state index contributed by atoms with van der Waals surface area (Å²) in [4.78, 5) is 42.8. The van der Waals surface area contributed by atoms with Gasteiger partial charge in [-0.3, -0.25) is 14.4 Å². The van der Waals surface area contributed by atoms with Gasteiger partial charge < -0.3 is 30.1 Å². The van der Waals surface area contributed by atoms with E-state index in [2.05, 4.69) is 26.6 Å². The maximum atomic E-state index is 14.1. The first kappa shape index (κ1) is 28.8. The molecule has 2 bridgehead atoms. The van der Waals surface area contributed by atoms with Crippen molar-refractivity contribution in [2.24, 2.45) is 17.8 Å². The number of carbonyl (C=O) groups is 3. The van der Waals surface area contributed by atoms with Crippen LogP contribution in [-0.2, 0) is 19.1 Å². The molecule has 3 N–H and O–H groups in total. The minimum atomic E-state index is -1.14. The van der Waals surface area contributed by atoms with E-state index in [1.807, 2.05) is 27.7 Å². The zero-order valence-electron chi connectivity index (χ0n) is 22.6. The molecule has 0 aromatic heterocycles. The van der Waals surface area contributed by atoms with Crippen LogP contribution in [0, 0.1) is 17.8 Å². The van der Waals surface area contributed by atoms with Crippen LogP contribution in [0.25, 0.3) is 0 Å². The topological polar surface area (TPSA) is 117 Å². The molecular weight excluding hydrogens is 554 g/mol. The SMILES string of the molecule is CCCCNC(=O)C1N([C@@H](CO)CC(C)C)C(=O)[C@@H]2[C@H](C(=O)Nc3ccc(OCC)cc3)[C@H]3OC12CC3Br. The van der Waals surface area contributed by atoms with Gasteiger partial charge >= 0.3 is 0 Å². The van der Waals surface area contributed by atoms with E-state index in [-0.39, 0.29) is 35.1 Å². The van der Waals surface area contributed by atoms with Crippen molar-refractivity contribution in [2.45, 2.75) is 82.0 Å². The molecule has 3 aliphatic rings. The average molecular weight is 595 g/mol. The normalized spacial score (nSPS) is 30.4. The van der Waals surface area contributed by atoms with Crippen LogP contribution in [-0.4, -0.2) is 76.1 Å². The minimum absolute atomic E-state index is 0.189. The van der Waals surface area contributed by atoms with E-state index in [9.17, 15) is 19.5 Å². The van der Waals surface area contributed by atoms with E-state index < -0.39 is 35.6 Å². The summed E-state index contributed by atoms with van der Waals surface area (Å²) in [6, 6.07) is 5.62. The molecule has 1 aromatic rings. The number of fused-ring (bicyclic) bond motifs is 1. The fourth-order valence-electron chi connectivity index (χ4n) is 6.39. The second kappa shape index (κ2) is 11.9. The van der Waals surface area contributed by atoms with E-state index in [1.54, 1.807) is 24.3 Å². The number of amides is 3. The molecule has 1 aromatic carbocycles. The molecule has 3 aliphatic heterocycles. The van der Waals surface area contributed by atoms with E-state index in [0.29, 0.717) is 37.4 Å². The third-order valence-electron chi connectivity index (χ3n) is 7.89. The summed E-state index contributed by atoms with van der Waals surface area (Å²) >= 11 is 3.69. The molecule has 7 atom stereocenters. The fraction of sp³-hybridized carbons (Fsp3) is 0.679. The minimum Gasteiger partial charge on any atom is -0.494 e. The van der Waals surface area contributed by atoms with Crippen LogP contribution >= 0.6 is 15.9 Å². The van der Waals surface area contributed by atoms with Crippen molar-refractivity contribution in [3.63, 3.8) is 0 Å². The lowest BCUT2D eigenvalue weighted by atomic mass is 9.70.